The first-order chi connectivity index (χ1) is 12.4. The molecule has 2 aromatic rings. The number of aryl methyl sites for hydroxylation is 1. The molecule has 26 heavy (non-hydrogen) atoms. The zero-order valence-electron chi connectivity index (χ0n) is 15.8. The zero-order chi connectivity index (χ0) is 19.1. The minimum atomic E-state index is -0.220. The van der Waals surface area contributed by atoms with Gasteiger partial charge < -0.3 is 15.0 Å². The maximum atomic E-state index is 12.6. The fraction of sp³-hybridized carbons (Fsp3) is 0.333. The third kappa shape index (κ3) is 5.62. The summed E-state index contributed by atoms with van der Waals surface area (Å²) >= 11 is 0. The number of benzene rings is 2. The predicted octanol–water partition coefficient (Wildman–Crippen LogP) is 3.75. The summed E-state index contributed by atoms with van der Waals surface area (Å²) in [6.45, 7) is 3.85. The zero-order valence-corrected chi connectivity index (χ0v) is 15.8. The molecule has 2 aromatic carbocycles. The van der Waals surface area contributed by atoms with Crippen LogP contribution in [0.2, 0.25) is 0 Å². The highest BCUT2D eigenvalue weighted by Gasteiger charge is 2.13. The SMILES string of the molecule is CC(C)Oc1ccccc1C(=O)Nc1cccc(CCC(=O)N(C)C)c1. The van der Waals surface area contributed by atoms with Gasteiger partial charge in [0.15, 0.2) is 0 Å². The number of hydrogen-bond donors (Lipinski definition) is 1. The maximum Gasteiger partial charge on any atom is 0.259 e. The quantitative estimate of drug-likeness (QED) is 0.824. The molecule has 0 spiro atoms. The van der Waals surface area contributed by atoms with Gasteiger partial charge in [0, 0.05) is 26.2 Å². The molecule has 2 rings (SSSR count). The van der Waals surface area contributed by atoms with Gasteiger partial charge in [-0.25, -0.2) is 0 Å². The summed E-state index contributed by atoms with van der Waals surface area (Å²) in [5.41, 5.74) is 2.20. The lowest BCUT2D eigenvalue weighted by Gasteiger charge is -2.14. The largest absolute Gasteiger partial charge is 0.490 e. The number of nitrogens with zero attached hydrogens (tertiary/aromatic N) is 1. The van der Waals surface area contributed by atoms with Gasteiger partial charge in [-0.15, -0.1) is 0 Å². The molecule has 0 unspecified atom stereocenters. The third-order valence-electron chi connectivity index (χ3n) is 3.81. The molecule has 2 amide bonds. The topological polar surface area (TPSA) is 58.6 Å². The third-order valence-corrected chi connectivity index (χ3v) is 3.81. The van der Waals surface area contributed by atoms with Gasteiger partial charge >= 0.3 is 0 Å². The number of hydrogen-bond acceptors (Lipinski definition) is 3. The van der Waals surface area contributed by atoms with E-state index in [1.54, 1.807) is 31.1 Å². The lowest BCUT2D eigenvalue weighted by Crippen LogP contribution is -2.21. The lowest BCUT2D eigenvalue weighted by molar-refractivity contribution is -0.128. The minimum absolute atomic E-state index is 0.0125. The first kappa shape index (κ1) is 19.5. The van der Waals surface area contributed by atoms with Crippen LogP contribution in [-0.4, -0.2) is 36.9 Å². The van der Waals surface area contributed by atoms with Crippen LogP contribution in [0, 0.1) is 0 Å². The first-order valence-corrected chi connectivity index (χ1v) is 8.73. The molecular formula is C21H26N2O3. The lowest BCUT2D eigenvalue weighted by atomic mass is 10.1. The van der Waals surface area contributed by atoms with Crippen molar-refractivity contribution in [2.75, 3.05) is 19.4 Å². The molecule has 138 valence electrons. The highest BCUT2D eigenvalue weighted by atomic mass is 16.5. The van der Waals surface area contributed by atoms with Crippen molar-refractivity contribution in [2.45, 2.75) is 32.8 Å². The molecule has 5 nitrogen and oxygen atoms in total. The summed E-state index contributed by atoms with van der Waals surface area (Å²) in [6, 6.07) is 14.7. The summed E-state index contributed by atoms with van der Waals surface area (Å²) in [6.07, 6.45) is 1.06. The number of amides is 2. The Labute approximate surface area is 155 Å². The van der Waals surface area contributed by atoms with Crippen molar-refractivity contribution >= 4 is 17.5 Å². The second kappa shape index (κ2) is 9.04. The number of carbonyl (C=O) groups is 2. The molecule has 1 N–H and O–H groups in total. The highest BCUT2D eigenvalue weighted by molar-refractivity contribution is 6.06. The Morgan fingerprint density at radius 2 is 1.81 bits per heavy atom. The van der Waals surface area contributed by atoms with Crippen molar-refractivity contribution in [3.63, 3.8) is 0 Å². The van der Waals surface area contributed by atoms with E-state index in [9.17, 15) is 9.59 Å². The van der Waals surface area contributed by atoms with Gasteiger partial charge in [-0.3, -0.25) is 9.59 Å². The van der Waals surface area contributed by atoms with Crippen molar-refractivity contribution in [3.05, 3.63) is 59.7 Å². The Balaban J connectivity index is 2.08. The van der Waals surface area contributed by atoms with E-state index in [1.165, 1.54) is 0 Å². The minimum Gasteiger partial charge on any atom is -0.490 e. The molecular weight excluding hydrogens is 328 g/mol. The van der Waals surface area contributed by atoms with Crippen LogP contribution in [0.1, 0.15) is 36.2 Å². The molecule has 0 aliphatic rings. The number of para-hydroxylation sites is 1. The van der Waals surface area contributed by atoms with Crippen LogP contribution in [0.5, 0.6) is 5.75 Å². The summed E-state index contributed by atoms with van der Waals surface area (Å²) < 4.78 is 5.71. The molecule has 0 heterocycles. The smallest absolute Gasteiger partial charge is 0.259 e. The molecule has 0 aliphatic carbocycles. The summed E-state index contributed by atoms with van der Waals surface area (Å²) in [4.78, 5) is 25.9. The Kier molecular flexibility index (Phi) is 6.78. The van der Waals surface area contributed by atoms with E-state index in [0.29, 0.717) is 29.8 Å². The number of anilines is 1. The fourth-order valence-corrected chi connectivity index (χ4v) is 2.49. The molecule has 0 aliphatic heterocycles. The standard InChI is InChI=1S/C21H26N2O3/c1-15(2)26-19-11-6-5-10-18(19)21(25)22-17-9-7-8-16(14-17)12-13-20(24)23(3)4/h5-11,14-15H,12-13H2,1-4H3,(H,22,25). The van der Waals surface area contributed by atoms with Crippen LogP contribution in [0.15, 0.2) is 48.5 Å². The van der Waals surface area contributed by atoms with Gasteiger partial charge in [0.2, 0.25) is 5.91 Å². The van der Waals surface area contributed by atoms with Gasteiger partial charge in [-0.1, -0.05) is 24.3 Å². The van der Waals surface area contributed by atoms with E-state index in [1.807, 2.05) is 50.2 Å². The molecule has 0 saturated carbocycles. The number of nitrogens with one attached hydrogen (secondary N) is 1. The van der Waals surface area contributed by atoms with Crippen LogP contribution in [-0.2, 0) is 11.2 Å². The Morgan fingerprint density at radius 1 is 1.08 bits per heavy atom. The molecule has 0 radical (unpaired) electrons. The second-order valence-electron chi connectivity index (χ2n) is 6.61. The van der Waals surface area contributed by atoms with Crippen molar-refractivity contribution in [1.82, 2.24) is 4.90 Å². The van der Waals surface area contributed by atoms with Gasteiger partial charge in [-0.2, -0.15) is 0 Å². The van der Waals surface area contributed by atoms with E-state index in [-0.39, 0.29) is 17.9 Å². The molecule has 0 saturated heterocycles. The first-order valence-electron chi connectivity index (χ1n) is 8.73. The van der Waals surface area contributed by atoms with Gasteiger partial charge in [0.05, 0.1) is 11.7 Å². The van der Waals surface area contributed by atoms with E-state index in [4.69, 9.17) is 4.74 Å². The summed E-state index contributed by atoms with van der Waals surface area (Å²) in [5.74, 6) is 0.426. The van der Waals surface area contributed by atoms with E-state index < -0.39 is 0 Å². The molecule has 0 bridgehead atoms. The van der Waals surface area contributed by atoms with Crippen molar-refractivity contribution < 1.29 is 14.3 Å². The van der Waals surface area contributed by atoms with E-state index >= 15 is 0 Å². The van der Waals surface area contributed by atoms with Crippen LogP contribution in [0.4, 0.5) is 5.69 Å². The van der Waals surface area contributed by atoms with Crippen LogP contribution in [0.3, 0.4) is 0 Å². The van der Waals surface area contributed by atoms with Crippen molar-refractivity contribution in [3.8, 4) is 5.75 Å². The van der Waals surface area contributed by atoms with Crippen molar-refractivity contribution in [2.24, 2.45) is 0 Å². The maximum absolute atomic E-state index is 12.6. The number of rotatable bonds is 7. The summed E-state index contributed by atoms with van der Waals surface area (Å²) in [5, 5.41) is 2.91. The Morgan fingerprint density at radius 3 is 2.50 bits per heavy atom. The average molecular weight is 354 g/mol. The van der Waals surface area contributed by atoms with Crippen LogP contribution in [0.25, 0.3) is 0 Å². The van der Waals surface area contributed by atoms with E-state index in [0.717, 1.165) is 5.56 Å². The van der Waals surface area contributed by atoms with E-state index in [2.05, 4.69) is 5.32 Å². The van der Waals surface area contributed by atoms with Crippen LogP contribution < -0.4 is 10.1 Å². The molecule has 5 heteroatoms. The molecule has 0 atom stereocenters. The van der Waals surface area contributed by atoms with Gasteiger partial charge in [-0.05, 0) is 50.1 Å². The normalized spacial score (nSPS) is 10.5. The van der Waals surface area contributed by atoms with Crippen LogP contribution >= 0.6 is 0 Å². The monoisotopic (exact) mass is 354 g/mol. The highest BCUT2D eigenvalue weighted by Crippen LogP contribution is 2.21. The molecule has 0 fully saturated rings. The molecule has 0 aromatic heterocycles. The average Bonchev–Trinajstić information content (AvgIpc) is 2.59. The van der Waals surface area contributed by atoms with Gasteiger partial charge in [0.1, 0.15) is 5.75 Å². The second-order valence-corrected chi connectivity index (χ2v) is 6.61. The summed E-state index contributed by atoms with van der Waals surface area (Å²) in [7, 11) is 3.49. The van der Waals surface area contributed by atoms with Gasteiger partial charge in [0.25, 0.3) is 5.91 Å². The Hall–Kier alpha value is -2.82. The fourth-order valence-electron chi connectivity index (χ4n) is 2.49. The van der Waals surface area contributed by atoms with Crippen molar-refractivity contribution in [1.29, 1.82) is 0 Å². The predicted molar refractivity (Wildman–Crippen MR) is 104 cm³/mol. The number of ether oxygens (including phenoxy) is 1. The number of carbonyl (C=O) groups excluding carboxylic acids is 2. The Bertz CT molecular complexity index is 769.